The van der Waals surface area contributed by atoms with Gasteiger partial charge in [-0.05, 0) is 30.2 Å². The molecule has 2 heterocycles. The molecule has 1 N–H and O–H groups in total. The Bertz CT molecular complexity index is 953. The van der Waals surface area contributed by atoms with Crippen molar-refractivity contribution in [3.8, 4) is 11.5 Å². The molecule has 0 spiro atoms. The summed E-state index contributed by atoms with van der Waals surface area (Å²) in [5.74, 6) is 1.84. The van der Waals surface area contributed by atoms with Crippen molar-refractivity contribution in [3.05, 3.63) is 48.0 Å². The first-order chi connectivity index (χ1) is 13.2. The second kappa shape index (κ2) is 7.65. The Morgan fingerprint density at radius 2 is 2.19 bits per heavy atom. The summed E-state index contributed by atoms with van der Waals surface area (Å²) in [7, 11) is 1.64. The molecular weight excluding hydrogens is 344 g/mol. The third kappa shape index (κ3) is 3.72. The summed E-state index contributed by atoms with van der Waals surface area (Å²) in [6, 6.07) is 13.6. The first-order valence-electron chi connectivity index (χ1n) is 9.08. The number of rotatable bonds is 6. The zero-order valence-corrected chi connectivity index (χ0v) is 15.2. The quantitative estimate of drug-likeness (QED) is 0.724. The molecule has 1 aliphatic heterocycles. The van der Waals surface area contributed by atoms with Crippen molar-refractivity contribution < 1.29 is 14.3 Å². The molecule has 27 heavy (non-hydrogen) atoms. The Balaban J connectivity index is 1.28. The topological polar surface area (TPSA) is 78.3 Å². The van der Waals surface area contributed by atoms with Gasteiger partial charge < -0.3 is 14.8 Å². The molecule has 0 bridgehead atoms. The van der Waals surface area contributed by atoms with Gasteiger partial charge in [0.05, 0.1) is 25.8 Å². The first-order valence-corrected chi connectivity index (χ1v) is 9.08. The summed E-state index contributed by atoms with van der Waals surface area (Å²) < 4.78 is 13.0. The summed E-state index contributed by atoms with van der Waals surface area (Å²) in [5, 5.41) is 11.2. The molecule has 1 aromatic heterocycles. The highest BCUT2D eigenvalue weighted by molar-refractivity contribution is 5.77. The van der Waals surface area contributed by atoms with Gasteiger partial charge in [0.2, 0.25) is 5.91 Å². The van der Waals surface area contributed by atoms with Crippen LogP contribution in [0.2, 0.25) is 0 Å². The van der Waals surface area contributed by atoms with E-state index in [0.717, 1.165) is 34.5 Å². The number of para-hydroxylation sites is 2. The molecular formula is C20H22N4O3. The van der Waals surface area contributed by atoms with Gasteiger partial charge in [-0.1, -0.05) is 29.5 Å². The second-order valence-electron chi connectivity index (χ2n) is 6.69. The van der Waals surface area contributed by atoms with Crippen molar-refractivity contribution in [1.82, 2.24) is 20.3 Å². The van der Waals surface area contributed by atoms with Gasteiger partial charge in [-0.2, -0.15) is 0 Å². The maximum absolute atomic E-state index is 12.2. The molecule has 140 valence electrons. The van der Waals surface area contributed by atoms with Crippen LogP contribution in [0, 0.1) is 5.92 Å². The maximum atomic E-state index is 12.2. The monoisotopic (exact) mass is 366 g/mol. The summed E-state index contributed by atoms with van der Waals surface area (Å²) in [6.45, 7) is 1.67. The number of nitrogens with one attached hydrogen (secondary N) is 1. The van der Waals surface area contributed by atoms with E-state index in [-0.39, 0.29) is 11.8 Å². The van der Waals surface area contributed by atoms with Crippen molar-refractivity contribution in [2.45, 2.75) is 19.4 Å². The van der Waals surface area contributed by atoms with Crippen molar-refractivity contribution in [3.63, 3.8) is 0 Å². The van der Waals surface area contributed by atoms with Crippen LogP contribution in [0.5, 0.6) is 11.5 Å². The molecule has 0 saturated carbocycles. The summed E-state index contributed by atoms with van der Waals surface area (Å²) in [5.41, 5.74) is 2.90. The van der Waals surface area contributed by atoms with Gasteiger partial charge in [-0.15, -0.1) is 5.10 Å². The Hall–Kier alpha value is -3.09. The molecule has 2 aromatic carbocycles. The van der Waals surface area contributed by atoms with Crippen LogP contribution in [0.15, 0.2) is 42.5 Å². The number of aryl methyl sites for hydroxylation is 1. The number of methoxy groups -OCH3 is 1. The molecule has 1 aliphatic rings. The third-order valence-corrected chi connectivity index (χ3v) is 4.81. The van der Waals surface area contributed by atoms with E-state index in [1.165, 1.54) is 0 Å². The molecule has 3 aromatic rings. The van der Waals surface area contributed by atoms with Crippen LogP contribution in [0.25, 0.3) is 11.0 Å². The number of nitrogens with zero attached hydrogens (tertiary/aromatic N) is 3. The number of aromatic nitrogens is 3. The number of carbonyl (C=O) groups is 1. The molecule has 0 aliphatic carbocycles. The minimum absolute atomic E-state index is 0.00557. The number of fused-ring (bicyclic) bond motifs is 2. The van der Waals surface area contributed by atoms with Crippen LogP contribution in [0.4, 0.5) is 0 Å². The Morgan fingerprint density at radius 1 is 1.30 bits per heavy atom. The number of hydrogen-bond acceptors (Lipinski definition) is 5. The standard InChI is InChI=1S/C20H22N4O3/c1-26-18-8-4-5-15-11-14(13-27-20(15)18)12-21-19(25)9-10-24-17-7-3-2-6-16(17)22-23-24/h2-8,14H,9-13H2,1H3,(H,21,25). The molecule has 0 fully saturated rings. The van der Waals surface area contributed by atoms with Crippen LogP contribution in [-0.2, 0) is 17.8 Å². The number of ether oxygens (including phenoxy) is 2. The van der Waals surface area contributed by atoms with Gasteiger partial charge in [0, 0.05) is 18.9 Å². The van der Waals surface area contributed by atoms with E-state index in [1.807, 2.05) is 42.5 Å². The fraction of sp³-hybridized carbons (Fsp3) is 0.350. The predicted molar refractivity (Wildman–Crippen MR) is 101 cm³/mol. The largest absolute Gasteiger partial charge is 0.493 e. The van der Waals surface area contributed by atoms with E-state index in [1.54, 1.807) is 11.8 Å². The molecule has 7 nitrogen and oxygen atoms in total. The lowest BCUT2D eigenvalue weighted by Gasteiger charge is -2.26. The lowest BCUT2D eigenvalue weighted by atomic mass is 9.96. The molecule has 7 heteroatoms. The van der Waals surface area contributed by atoms with Gasteiger partial charge in [-0.25, -0.2) is 4.68 Å². The van der Waals surface area contributed by atoms with Crippen molar-refractivity contribution in [2.24, 2.45) is 5.92 Å². The first kappa shape index (κ1) is 17.3. The van der Waals surface area contributed by atoms with Gasteiger partial charge >= 0.3 is 0 Å². The fourth-order valence-corrected chi connectivity index (χ4v) is 3.39. The van der Waals surface area contributed by atoms with Crippen molar-refractivity contribution in [2.75, 3.05) is 20.3 Å². The SMILES string of the molecule is COc1cccc2c1OCC(CNC(=O)CCn1nnc3ccccc31)C2. The van der Waals surface area contributed by atoms with Crippen LogP contribution in [-0.4, -0.2) is 41.2 Å². The van der Waals surface area contributed by atoms with Gasteiger partial charge in [0.1, 0.15) is 5.52 Å². The Labute approximate surface area is 157 Å². The molecule has 0 radical (unpaired) electrons. The second-order valence-corrected chi connectivity index (χ2v) is 6.69. The van der Waals surface area contributed by atoms with Crippen LogP contribution in [0.1, 0.15) is 12.0 Å². The summed E-state index contributed by atoms with van der Waals surface area (Å²) in [6.07, 6.45) is 1.23. The smallest absolute Gasteiger partial charge is 0.221 e. The van der Waals surface area contributed by atoms with E-state index in [4.69, 9.17) is 9.47 Å². The van der Waals surface area contributed by atoms with Gasteiger partial charge in [-0.3, -0.25) is 4.79 Å². The highest BCUT2D eigenvalue weighted by Crippen LogP contribution is 2.35. The molecule has 1 amide bonds. The van der Waals surface area contributed by atoms with Crippen molar-refractivity contribution >= 4 is 16.9 Å². The fourth-order valence-electron chi connectivity index (χ4n) is 3.39. The average Bonchev–Trinajstić information content (AvgIpc) is 3.13. The maximum Gasteiger partial charge on any atom is 0.221 e. The molecule has 4 rings (SSSR count). The van der Waals surface area contributed by atoms with E-state index in [0.29, 0.717) is 26.1 Å². The molecule has 1 atom stereocenters. The molecule has 0 saturated heterocycles. The van der Waals surface area contributed by atoms with Crippen LogP contribution >= 0.6 is 0 Å². The lowest BCUT2D eigenvalue weighted by Crippen LogP contribution is -2.35. The number of benzene rings is 2. The average molecular weight is 366 g/mol. The van der Waals surface area contributed by atoms with Crippen LogP contribution in [0.3, 0.4) is 0 Å². The van der Waals surface area contributed by atoms with E-state index in [9.17, 15) is 4.79 Å². The summed E-state index contributed by atoms with van der Waals surface area (Å²) in [4.78, 5) is 12.2. The highest BCUT2D eigenvalue weighted by Gasteiger charge is 2.23. The minimum atomic E-state index is 0.00557. The Morgan fingerprint density at radius 3 is 3.07 bits per heavy atom. The lowest BCUT2D eigenvalue weighted by molar-refractivity contribution is -0.121. The molecule has 1 unspecified atom stereocenters. The van der Waals surface area contributed by atoms with E-state index in [2.05, 4.69) is 15.6 Å². The van der Waals surface area contributed by atoms with Crippen molar-refractivity contribution in [1.29, 1.82) is 0 Å². The number of hydrogen-bond donors (Lipinski definition) is 1. The van der Waals surface area contributed by atoms with Crippen LogP contribution < -0.4 is 14.8 Å². The minimum Gasteiger partial charge on any atom is -0.493 e. The number of carbonyl (C=O) groups excluding carboxylic acids is 1. The normalized spacial score (nSPS) is 15.8. The van der Waals surface area contributed by atoms with Gasteiger partial charge in [0.15, 0.2) is 11.5 Å². The highest BCUT2D eigenvalue weighted by atomic mass is 16.5. The van der Waals surface area contributed by atoms with Gasteiger partial charge in [0.25, 0.3) is 0 Å². The number of amides is 1. The predicted octanol–water partition coefficient (Wildman–Crippen LogP) is 2.20. The zero-order chi connectivity index (χ0) is 18.6. The third-order valence-electron chi connectivity index (χ3n) is 4.81. The zero-order valence-electron chi connectivity index (χ0n) is 15.2. The van der Waals surface area contributed by atoms with E-state index >= 15 is 0 Å². The summed E-state index contributed by atoms with van der Waals surface area (Å²) >= 11 is 0. The Kier molecular flexibility index (Phi) is 4.91. The van der Waals surface area contributed by atoms with E-state index < -0.39 is 0 Å².